The van der Waals surface area contributed by atoms with E-state index in [0.29, 0.717) is 22.7 Å². The molecule has 2 bridgehead atoms. The normalized spacial score (nSPS) is 25.0. The average Bonchev–Trinajstić information content (AvgIpc) is 3.43. The number of carbonyl (C=O) groups is 3. The average molecular weight is 401 g/mol. The van der Waals surface area contributed by atoms with Gasteiger partial charge in [0.05, 0.1) is 24.7 Å². The molecule has 0 spiro atoms. The number of anilines is 1. The van der Waals surface area contributed by atoms with Crippen molar-refractivity contribution in [2.24, 2.45) is 23.7 Å². The molecule has 2 aliphatic rings. The summed E-state index contributed by atoms with van der Waals surface area (Å²) >= 11 is 1.19. The lowest BCUT2D eigenvalue weighted by molar-refractivity contribution is -0.146. The minimum Gasteiger partial charge on any atom is -0.481 e. The van der Waals surface area contributed by atoms with Crippen molar-refractivity contribution in [3.05, 3.63) is 41.5 Å². The Morgan fingerprint density at radius 2 is 2.04 bits per heavy atom. The van der Waals surface area contributed by atoms with Crippen LogP contribution in [0.5, 0.6) is 0 Å². The quantitative estimate of drug-likeness (QED) is 0.565. The van der Waals surface area contributed by atoms with Gasteiger partial charge in [0.15, 0.2) is 0 Å². The van der Waals surface area contributed by atoms with E-state index in [-0.39, 0.29) is 29.9 Å². The lowest BCUT2D eigenvalue weighted by Gasteiger charge is -2.23. The molecule has 4 atom stereocenters. The van der Waals surface area contributed by atoms with E-state index in [4.69, 9.17) is 9.15 Å². The first-order chi connectivity index (χ1) is 13.5. The van der Waals surface area contributed by atoms with Crippen molar-refractivity contribution in [3.63, 3.8) is 0 Å². The summed E-state index contributed by atoms with van der Waals surface area (Å²) in [7, 11) is 0. The second-order valence-electron chi connectivity index (χ2n) is 6.88. The molecule has 1 amide bonds. The molecule has 2 aromatic rings. The maximum absolute atomic E-state index is 13.0. The summed E-state index contributed by atoms with van der Waals surface area (Å²) < 4.78 is 10.5. The number of fused-ring (bicyclic) bond motifs is 2. The van der Waals surface area contributed by atoms with E-state index >= 15 is 0 Å². The van der Waals surface area contributed by atoms with Crippen molar-refractivity contribution in [1.82, 2.24) is 0 Å². The van der Waals surface area contributed by atoms with Crippen LogP contribution < -0.4 is 5.32 Å². The first-order valence-corrected chi connectivity index (χ1v) is 9.93. The third-order valence-electron chi connectivity index (χ3n) is 5.34. The van der Waals surface area contributed by atoms with E-state index in [9.17, 15) is 19.5 Å². The van der Waals surface area contributed by atoms with Crippen molar-refractivity contribution in [1.29, 1.82) is 0 Å². The van der Waals surface area contributed by atoms with Crippen LogP contribution in [0.25, 0.3) is 11.3 Å². The minimum atomic E-state index is -0.968. The van der Waals surface area contributed by atoms with Crippen LogP contribution >= 0.6 is 11.3 Å². The Kier molecular flexibility index (Phi) is 4.80. The van der Waals surface area contributed by atoms with Crippen LogP contribution in [0.15, 0.2) is 40.3 Å². The zero-order chi connectivity index (χ0) is 19.8. The first-order valence-electron chi connectivity index (χ1n) is 9.05. The van der Waals surface area contributed by atoms with Crippen molar-refractivity contribution < 1.29 is 28.6 Å². The summed E-state index contributed by atoms with van der Waals surface area (Å²) in [5.41, 5.74) is 0.757. The summed E-state index contributed by atoms with van der Waals surface area (Å²) in [5.74, 6) is -3.04. The summed E-state index contributed by atoms with van der Waals surface area (Å²) in [4.78, 5) is 37.2. The number of hydrogen-bond donors (Lipinski definition) is 2. The number of allylic oxidation sites excluding steroid dienone is 2. The molecule has 28 heavy (non-hydrogen) atoms. The van der Waals surface area contributed by atoms with E-state index in [0.717, 1.165) is 0 Å². The van der Waals surface area contributed by atoms with Gasteiger partial charge in [0.1, 0.15) is 16.3 Å². The number of thiophene rings is 1. The van der Waals surface area contributed by atoms with Gasteiger partial charge >= 0.3 is 11.9 Å². The van der Waals surface area contributed by atoms with Gasteiger partial charge < -0.3 is 19.6 Å². The van der Waals surface area contributed by atoms with E-state index in [1.165, 1.54) is 17.6 Å². The highest BCUT2D eigenvalue weighted by Gasteiger charge is 2.51. The Hall–Kier alpha value is -2.87. The zero-order valence-electron chi connectivity index (χ0n) is 15.1. The number of amides is 1. The molecule has 0 saturated heterocycles. The van der Waals surface area contributed by atoms with Gasteiger partial charge in [-0.2, -0.15) is 0 Å². The molecular formula is C20H19NO6S. The molecule has 2 heterocycles. The number of ether oxygens (including phenoxy) is 1. The van der Waals surface area contributed by atoms with Crippen LogP contribution in [0, 0.1) is 23.7 Å². The summed E-state index contributed by atoms with van der Waals surface area (Å²) in [6.07, 6.45) is 5.97. The summed E-state index contributed by atoms with van der Waals surface area (Å²) in [6, 6.07) is 3.43. The highest BCUT2D eigenvalue weighted by Crippen LogP contribution is 2.49. The fourth-order valence-corrected chi connectivity index (χ4v) is 5.12. The van der Waals surface area contributed by atoms with Crippen molar-refractivity contribution >= 4 is 34.2 Å². The third kappa shape index (κ3) is 3.03. The van der Waals surface area contributed by atoms with E-state index < -0.39 is 23.8 Å². The highest BCUT2D eigenvalue weighted by atomic mass is 32.1. The van der Waals surface area contributed by atoms with Crippen LogP contribution in [0.3, 0.4) is 0 Å². The molecule has 2 aromatic heterocycles. The standard InChI is InChI=1S/C20H19NO6S/c1-2-26-20(25)16-12(13-4-3-7-27-13)9-28-18(16)21-17(22)14-10-5-6-11(8-10)15(14)19(23)24/h3-7,9-11,14-15H,2,8H2,1H3,(H,21,22)(H,23,24)/t10-,11-,14+,15+/m0/s1. The first kappa shape index (κ1) is 18.5. The molecule has 0 unspecified atom stereocenters. The van der Waals surface area contributed by atoms with Gasteiger partial charge in [0.25, 0.3) is 0 Å². The molecule has 1 saturated carbocycles. The lowest BCUT2D eigenvalue weighted by atomic mass is 9.82. The maximum Gasteiger partial charge on any atom is 0.341 e. The van der Waals surface area contributed by atoms with Crippen LogP contribution in [0.1, 0.15) is 23.7 Å². The van der Waals surface area contributed by atoms with Crippen LogP contribution in [0.4, 0.5) is 5.00 Å². The van der Waals surface area contributed by atoms with Gasteiger partial charge in [-0.3, -0.25) is 9.59 Å². The Morgan fingerprint density at radius 3 is 2.68 bits per heavy atom. The van der Waals surface area contributed by atoms with E-state index in [2.05, 4.69) is 5.32 Å². The van der Waals surface area contributed by atoms with E-state index in [1.807, 2.05) is 12.2 Å². The topological polar surface area (TPSA) is 106 Å². The molecule has 0 radical (unpaired) electrons. The van der Waals surface area contributed by atoms with Crippen molar-refractivity contribution in [2.45, 2.75) is 13.3 Å². The predicted octanol–water partition coefficient (Wildman–Crippen LogP) is 3.65. The Labute approximate surface area is 165 Å². The van der Waals surface area contributed by atoms with Gasteiger partial charge in [0.2, 0.25) is 5.91 Å². The maximum atomic E-state index is 13.0. The fraction of sp³-hybridized carbons (Fsp3) is 0.350. The molecule has 2 N–H and O–H groups in total. The highest BCUT2D eigenvalue weighted by molar-refractivity contribution is 7.15. The van der Waals surface area contributed by atoms with Crippen molar-refractivity contribution in [3.8, 4) is 11.3 Å². The molecule has 146 valence electrons. The molecular weight excluding hydrogens is 382 g/mol. The summed E-state index contributed by atoms with van der Waals surface area (Å²) in [6.45, 7) is 1.89. The number of carbonyl (C=O) groups excluding carboxylic acids is 2. The van der Waals surface area contributed by atoms with Crippen LogP contribution in [-0.2, 0) is 14.3 Å². The van der Waals surface area contributed by atoms with Crippen LogP contribution in [0.2, 0.25) is 0 Å². The monoisotopic (exact) mass is 401 g/mol. The number of hydrogen-bond acceptors (Lipinski definition) is 6. The zero-order valence-corrected chi connectivity index (χ0v) is 15.9. The van der Waals surface area contributed by atoms with Crippen molar-refractivity contribution in [2.75, 3.05) is 11.9 Å². The second-order valence-corrected chi connectivity index (χ2v) is 7.76. The third-order valence-corrected chi connectivity index (χ3v) is 6.24. The second kappa shape index (κ2) is 7.27. The molecule has 1 fully saturated rings. The molecule has 7 nitrogen and oxygen atoms in total. The number of carboxylic acids is 1. The number of rotatable bonds is 6. The number of carboxylic acid groups (broad SMARTS) is 1. The SMILES string of the molecule is CCOC(=O)c1c(-c2ccco2)csc1NC(=O)[C@H]1[C@H](C(=O)O)[C@H]2C=C[C@H]1C2. The fourth-order valence-electron chi connectivity index (χ4n) is 4.18. The Morgan fingerprint density at radius 1 is 1.29 bits per heavy atom. The number of esters is 1. The van der Waals surface area contributed by atoms with Gasteiger partial charge in [0, 0.05) is 10.9 Å². The number of furan rings is 1. The Balaban J connectivity index is 1.64. The molecule has 4 rings (SSSR count). The minimum absolute atomic E-state index is 0.0957. The largest absolute Gasteiger partial charge is 0.481 e. The lowest BCUT2D eigenvalue weighted by Crippen LogP contribution is -2.36. The van der Waals surface area contributed by atoms with Gasteiger partial charge in [-0.05, 0) is 37.3 Å². The number of nitrogens with one attached hydrogen (secondary N) is 1. The van der Waals surface area contributed by atoms with Gasteiger partial charge in [-0.25, -0.2) is 4.79 Å². The predicted molar refractivity (Wildman–Crippen MR) is 102 cm³/mol. The molecule has 8 heteroatoms. The molecule has 0 aromatic carbocycles. The number of aliphatic carboxylic acids is 1. The summed E-state index contributed by atoms with van der Waals surface area (Å²) in [5, 5.41) is 14.4. The molecule has 0 aliphatic heterocycles. The van der Waals surface area contributed by atoms with Crippen LogP contribution in [-0.4, -0.2) is 29.6 Å². The molecule has 2 aliphatic carbocycles. The van der Waals surface area contributed by atoms with Gasteiger partial charge in [-0.1, -0.05) is 12.2 Å². The van der Waals surface area contributed by atoms with E-state index in [1.54, 1.807) is 24.4 Å². The Bertz CT molecular complexity index is 944. The smallest absolute Gasteiger partial charge is 0.341 e. The van der Waals surface area contributed by atoms with Gasteiger partial charge in [-0.15, -0.1) is 11.3 Å².